The summed E-state index contributed by atoms with van der Waals surface area (Å²) in [6.07, 6.45) is 1.52. The van der Waals surface area contributed by atoms with Crippen molar-refractivity contribution in [2.24, 2.45) is 0 Å². The minimum atomic E-state index is -0.951. The first kappa shape index (κ1) is 23.1. The Balaban J connectivity index is 1.51. The molecule has 3 aromatic carbocycles. The van der Waals surface area contributed by atoms with Crippen molar-refractivity contribution in [1.82, 2.24) is 0 Å². The molecule has 0 saturated carbocycles. The van der Waals surface area contributed by atoms with E-state index in [1.807, 2.05) is 91.9 Å². The van der Waals surface area contributed by atoms with E-state index < -0.39 is 12.1 Å². The van der Waals surface area contributed by atoms with Crippen molar-refractivity contribution in [1.29, 1.82) is 0 Å². The molecular weight excluding hydrogens is 404 g/mol. The van der Waals surface area contributed by atoms with Crippen LogP contribution in [0.4, 0.5) is 0 Å². The van der Waals surface area contributed by atoms with E-state index in [1.54, 1.807) is 6.92 Å². The highest BCUT2D eigenvalue weighted by Crippen LogP contribution is 2.23. The smallest absolute Gasteiger partial charge is 0.333 e. The number of hydrogen-bond donors (Lipinski definition) is 1. The topological polar surface area (TPSA) is 65.0 Å². The van der Waals surface area contributed by atoms with E-state index >= 15 is 0 Å². The summed E-state index contributed by atoms with van der Waals surface area (Å²) in [6, 6.07) is 25.1. The maximum absolute atomic E-state index is 11.2. The molecule has 0 aliphatic carbocycles. The van der Waals surface area contributed by atoms with Gasteiger partial charge in [0.05, 0.1) is 0 Å². The zero-order valence-corrected chi connectivity index (χ0v) is 18.4. The molecule has 0 heterocycles. The Morgan fingerprint density at radius 1 is 0.906 bits per heavy atom. The molecule has 3 rings (SSSR count). The van der Waals surface area contributed by atoms with Crippen LogP contribution in [0.15, 0.2) is 84.9 Å². The first-order valence-electron chi connectivity index (χ1n) is 10.6. The summed E-state index contributed by atoms with van der Waals surface area (Å²) in [5.74, 6) is 1.38. The van der Waals surface area contributed by atoms with Gasteiger partial charge in [-0.2, -0.15) is 0 Å². The fraction of sp³-hybridized carbons (Fsp3) is 0.222. The molecule has 0 aliphatic heterocycles. The van der Waals surface area contributed by atoms with Crippen molar-refractivity contribution in [3.8, 4) is 17.2 Å². The second-order valence-corrected chi connectivity index (χ2v) is 7.27. The summed E-state index contributed by atoms with van der Waals surface area (Å²) in [7, 11) is 0. The molecule has 0 bridgehead atoms. The number of allylic oxidation sites excluding steroid dienone is 1. The SMILES string of the molecule is CCOC(Cc1ccc(OCC=C(C)c2ccc(Oc3ccccc3)cc2)cc1)C(=O)O. The molecule has 5 heteroatoms. The first-order chi connectivity index (χ1) is 15.5. The van der Waals surface area contributed by atoms with E-state index in [0.717, 1.165) is 33.9 Å². The fourth-order valence-electron chi connectivity index (χ4n) is 3.15. The van der Waals surface area contributed by atoms with Gasteiger partial charge in [0.15, 0.2) is 6.10 Å². The van der Waals surface area contributed by atoms with Gasteiger partial charge in [0.25, 0.3) is 0 Å². The van der Waals surface area contributed by atoms with E-state index in [2.05, 4.69) is 0 Å². The molecule has 0 radical (unpaired) electrons. The van der Waals surface area contributed by atoms with E-state index in [4.69, 9.17) is 14.2 Å². The average molecular weight is 433 g/mol. The number of aliphatic carboxylic acids is 1. The normalized spacial score (nSPS) is 12.2. The number of rotatable bonds is 11. The summed E-state index contributed by atoms with van der Waals surface area (Å²) < 4.78 is 16.9. The molecule has 32 heavy (non-hydrogen) atoms. The van der Waals surface area contributed by atoms with Gasteiger partial charge in [0, 0.05) is 13.0 Å². The van der Waals surface area contributed by atoms with Crippen LogP contribution in [0.3, 0.4) is 0 Å². The van der Waals surface area contributed by atoms with E-state index in [9.17, 15) is 9.90 Å². The molecular formula is C27H28O5. The van der Waals surface area contributed by atoms with Crippen LogP contribution < -0.4 is 9.47 Å². The van der Waals surface area contributed by atoms with E-state index in [-0.39, 0.29) is 0 Å². The average Bonchev–Trinajstić information content (AvgIpc) is 2.81. The fourth-order valence-corrected chi connectivity index (χ4v) is 3.15. The number of carboxylic acid groups (broad SMARTS) is 1. The molecule has 1 unspecified atom stereocenters. The van der Waals surface area contributed by atoms with Gasteiger partial charge < -0.3 is 19.3 Å². The molecule has 1 atom stereocenters. The van der Waals surface area contributed by atoms with Crippen LogP contribution in [0.25, 0.3) is 5.57 Å². The maximum Gasteiger partial charge on any atom is 0.333 e. The number of carboxylic acids is 1. The number of carbonyl (C=O) groups is 1. The molecule has 0 aromatic heterocycles. The monoisotopic (exact) mass is 432 g/mol. The Bertz CT molecular complexity index is 1010. The molecule has 0 spiro atoms. The summed E-state index contributed by atoms with van der Waals surface area (Å²) in [4.78, 5) is 11.2. The largest absolute Gasteiger partial charge is 0.490 e. The van der Waals surface area contributed by atoms with Gasteiger partial charge in [-0.05, 0) is 73.0 Å². The van der Waals surface area contributed by atoms with Crippen LogP contribution in [0.1, 0.15) is 25.0 Å². The third kappa shape index (κ3) is 7.00. The molecule has 1 N–H and O–H groups in total. The number of ether oxygens (including phenoxy) is 3. The van der Waals surface area contributed by atoms with Crippen molar-refractivity contribution in [3.05, 3.63) is 96.1 Å². The summed E-state index contributed by atoms with van der Waals surface area (Å²) >= 11 is 0. The van der Waals surface area contributed by atoms with E-state index in [0.29, 0.717) is 19.6 Å². The number of hydrogen-bond acceptors (Lipinski definition) is 4. The Labute approximate surface area is 188 Å². The Kier molecular flexibility index (Phi) is 8.46. The second kappa shape index (κ2) is 11.7. The lowest BCUT2D eigenvalue weighted by Gasteiger charge is -2.12. The van der Waals surface area contributed by atoms with Crippen molar-refractivity contribution in [3.63, 3.8) is 0 Å². The van der Waals surface area contributed by atoms with Crippen LogP contribution in [-0.4, -0.2) is 30.4 Å². The molecule has 0 amide bonds. The van der Waals surface area contributed by atoms with Crippen LogP contribution >= 0.6 is 0 Å². The van der Waals surface area contributed by atoms with Gasteiger partial charge in [-0.1, -0.05) is 42.5 Å². The standard InChI is InChI=1S/C27H28O5/c1-3-30-26(27(28)29)19-21-9-13-23(14-10-21)31-18-17-20(2)22-11-15-25(16-12-22)32-24-7-5-4-6-8-24/h4-17,26H,3,18-19H2,1-2H3,(H,28,29). The highest BCUT2D eigenvalue weighted by molar-refractivity contribution is 5.72. The van der Waals surface area contributed by atoms with Crippen molar-refractivity contribution < 1.29 is 24.1 Å². The zero-order chi connectivity index (χ0) is 22.8. The Morgan fingerprint density at radius 3 is 2.16 bits per heavy atom. The minimum absolute atomic E-state index is 0.326. The van der Waals surface area contributed by atoms with Crippen LogP contribution in [0, 0.1) is 0 Å². The lowest BCUT2D eigenvalue weighted by Crippen LogP contribution is -2.26. The molecule has 0 saturated heterocycles. The lowest BCUT2D eigenvalue weighted by molar-refractivity contribution is -0.149. The molecule has 5 nitrogen and oxygen atoms in total. The van der Waals surface area contributed by atoms with Crippen LogP contribution in [0.2, 0.25) is 0 Å². The quantitative estimate of drug-likeness (QED) is 0.403. The van der Waals surface area contributed by atoms with E-state index in [1.165, 1.54) is 0 Å². The summed E-state index contributed by atoms with van der Waals surface area (Å²) in [5.41, 5.74) is 3.09. The van der Waals surface area contributed by atoms with Gasteiger partial charge >= 0.3 is 5.97 Å². The van der Waals surface area contributed by atoms with Gasteiger partial charge in [-0.25, -0.2) is 4.79 Å². The number of para-hydroxylation sites is 1. The highest BCUT2D eigenvalue weighted by Gasteiger charge is 2.17. The molecule has 166 valence electrons. The molecule has 0 fully saturated rings. The predicted octanol–water partition coefficient (Wildman–Crippen LogP) is 5.99. The minimum Gasteiger partial charge on any atom is -0.490 e. The number of benzene rings is 3. The van der Waals surface area contributed by atoms with Crippen molar-refractivity contribution in [2.75, 3.05) is 13.2 Å². The summed E-state index contributed by atoms with van der Waals surface area (Å²) in [5, 5.41) is 9.20. The maximum atomic E-state index is 11.2. The molecule has 3 aromatic rings. The van der Waals surface area contributed by atoms with Crippen molar-refractivity contribution >= 4 is 11.5 Å². The zero-order valence-electron chi connectivity index (χ0n) is 18.4. The predicted molar refractivity (Wildman–Crippen MR) is 125 cm³/mol. The van der Waals surface area contributed by atoms with Crippen LogP contribution in [-0.2, 0) is 16.0 Å². The van der Waals surface area contributed by atoms with Gasteiger partial charge in [0.2, 0.25) is 0 Å². The van der Waals surface area contributed by atoms with Crippen molar-refractivity contribution in [2.45, 2.75) is 26.4 Å². The third-order valence-electron chi connectivity index (χ3n) is 4.92. The van der Waals surface area contributed by atoms with Gasteiger partial charge in [-0.15, -0.1) is 0 Å². The highest BCUT2D eigenvalue weighted by atomic mass is 16.5. The Hall–Kier alpha value is -3.57. The lowest BCUT2D eigenvalue weighted by atomic mass is 10.1. The van der Waals surface area contributed by atoms with Gasteiger partial charge in [-0.3, -0.25) is 0 Å². The second-order valence-electron chi connectivity index (χ2n) is 7.27. The third-order valence-corrected chi connectivity index (χ3v) is 4.92. The Morgan fingerprint density at radius 2 is 1.53 bits per heavy atom. The first-order valence-corrected chi connectivity index (χ1v) is 10.6. The molecule has 0 aliphatic rings. The van der Waals surface area contributed by atoms with Gasteiger partial charge in [0.1, 0.15) is 23.9 Å². The summed E-state index contributed by atoms with van der Waals surface area (Å²) in [6.45, 7) is 4.63. The van der Waals surface area contributed by atoms with Crippen LogP contribution in [0.5, 0.6) is 17.2 Å².